The maximum atomic E-state index is 12.5. The van der Waals surface area contributed by atoms with Crippen LogP contribution in [0.3, 0.4) is 0 Å². The van der Waals surface area contributed by atoms with Gasteiger partial charge in [-0.2, -0.15) is 0 Å². The summed E-state index contributed by atoms with van der Waals surface area (Å²) >= 11 is 0. The van der Waals surface area contributed by atoms with E-state index in [-0.39, 0.29) is 5.91 Å². The van der Waals surface area contributed by atoms with Gasteiger partial charge in [0.1, 0.15) is 12.4 Å². The van der Waals surface area contributed by atoms with Crippen LogP contribution in [-0.2, 0) is 6.61 Å². The number of carbonyl (C=O) groups excluding carboxylic acids is 1. The smallest absolute Gasteiger partial charge is 0.255 e. The lowest BCUT2D eigenvalue weighted by Gasteiger charge is -2.16. The van der Waals surface area contributed by atoms with E-state index < -0.39 is 0 Å². The molecule has 0 aliphatic rings. The van der Waals surface area contributed by atoms with E-state index in [9.17, 15) is 4.79 Å². The standard InChI is InChI=1S/C21H21N3O2/c1-24(2)20-19(9-6-14-22-20)23-21(25)17-12-10-16(11-13-17)15-26-18-7-4-3-5-8-18/h3-14H,15H2,1-2H3,(H,23,25). The Labute approximate surface area is 153 Å². The van der Waals surface area contributed by atoms with Crippen LogP contribution in [0.5, 0.6) is 5.75 Å². The van der Waals surface area contributed by atoms with Crippen LogP contribution in [0.1, 0.15) is 15.9 Å². The molecule has 5 nitrogen and oxygen atoms in total. The maximum absolute atomic E-state index is 12.5. The van der Waals surface area contributed by atoms with Crippen LogP contribution < -0.4 is 15.0 Å². The molecule has 26 heavy (non-hydrogen) atoms. The van der Waals surface area contributed by atoms with Crippen molar-refractivity contribution in [3.8, 4) is 5.75 Å². The first-order chi connectivity index (χ1) is 12.6. The number of pyridine rings is 1. The zero-order valence-corrected chi connectivity index (χ0v) is 14.8. The molecule has 1 N–H and O–H groups in total. The summed E-state index contributed by atoms with van der Waals surface area (Å²) in [5.74, 6) is 1.37. The molecule has 0 atom stereocenters. The van der Waals surface area contributed by atoms with E-state index in [1.807, 2.05) is 67.5 Å². The van der Waals surface area contributed by atoms with E-state index in [1.54, 1.807) is 24.4 Å². The maximum Gasteiger partial charge on any atom is 0.255 e. The SMILES string of the molecule is CN(C)c1ncccc1NC(=O)c1ccc(COc2ccccc2)cc1. The molecule has 2 aromatic carbocycles. The van der Waals surface area contributed by atoms with Gasteiger partial charge in [-0.1, -0.05) is 30.3 Å². The van der Waals surface area contributed by atoms with Gasteiger partial charge in [-0.15, -0.1) is 0 Å². The van der Waals surface area contributed by atoms with Crippen molar-refractivity contribution < 1.29 is 9.53 Å². The third-order valence-electron chi connectivity index (χ3n) is 3.82. The highest BCUT2D eigenvalue weighted by Gasteiger charge is 2.11. The summed E-state index contributed by atoms with van der Waals surface area (Å²) in [6, 6.07) is 20.7. The van der Waals surface area contributed by atoms with Gasteiger partial charge in [-0.05, 0) is 42.0 Å². The number of nitrogens with zero attached hydrogens (tertiary/aromatic N) is 2. The van der Waals surface area contributed by atoms with Gasteiger partial charge in [0.05, 0.1) is 5.69 Å². The third kappa shape index (κ3) is 4.39. The van der Waals surface area contributed by atoms with Crippen molar-refractivity contribution in [3.63, 3.8) is 0 Å². The fourth-order valence-corrected chi connectivity index (χ4v) is 2.48. The molecule has 0 saturated carbocycles. The lowest BCUT2D eigenvalue weighted by Crippen LogP contribution is -2.17. The Morgan fingerprint density at radius 3 is 2.42 bits per heavy atom. The van der Waals surface area contributed by atoms with Gasteiger partial charge in [0.15, 0.2) is 5.82 Å². The fourth-order valence-electron chi connectivity index (χ4n) is 2.48. The molecule has 1 heterocycles. The highest BCUT2D eigenvalue weighted by Crippen LogP contribution is 2.21. The molecule has 1 amide bonds. The average Bonchev–Trinajstić information content (AvgIpc) is 2.68. The predicted molar refractivity (Wildman–Crippen MR) is 104 cm³/mol. The number of carbonyl (C=O) groups is 1. The summed E-state index contributed by atoms with van der Waals surface area (Å²) in [6.45, 7) is 0.458. The summed E-state index contributed by atoms with van der Waals surface area (Å²) in [4.78, 5) is 18.6. The van der Waals surface area contributed by atoms with Crippen molar-refractivity contribution in [3.05, 3.63) is 84.1 Å². The average molecular weight is 347 g/mol. The molecule has 132 valence electrons. The predicted octanol–water partition coefficient (Wildman–Crippen LogP) is 3.98. The largest absolute Gasteiger partial charge is 0.489 e. The first-order valence-corrected chi connectivity index (χ1v) is 8.34. The molecule has 0 radical (unpaired) electrons. The lowest BCUT2D eigenvalue weighted by molar-refractivity contribution is 0.102. The lowest BCUT2D eigenvalue weighted by atomic mass is 10.1. The number of nitrogens with one attached hydrogen (secondary N) is 1. The second kappa shape index (κ2) is 8.16. The van der Waals surface area contributed by atoms with Crippen LogP contribution in [0.15, 0.2) is 72.9 Å². The third-order valence-corrected chi connectivity index (χ3v) is 3.82. The Morgan fingerprint density at radius 2 is 1.73 bits per heavy atom. The van der Waals surface area contributed by atoms with Gasteiger partial charge in [-0.25, -0.2) is 4.98 Å². The molecule has 1 aromatic heterocycles. The van der Waals surface area contributed by atoms with E-state index in [2.05, 4.69) is 10.3 Å². The van der Waals surface area contributed by atoms with Crippen molar-refractivity contribution in [2.24, 2.45) is 0 Å². The minimum Gasteiger partial charge on any atom is -0.489 e. The first kappa shape index (κ1) is 17.5. The van der Waals surface area contributed by atoms with Crippen molar-refractivity contribution in [1.29, 1.82) is 0 Å². The van der Waals surface area contributed by atoms with Crippen LogP contribution in [0, 0.1) is 0 Å². The number of para-hydroxylation sites is 1. The Morgan fingerprint density at radius 1 is 1.00 bits per heavy atom. The van der Waals surface area contributed by atoms with Crippen LogP contribution in [0.25, 0.3) is 0 Å². The summed E-state index contributed by atoms with van der Waals surface area (Å²) in [5.41, 5.74) is 2.27. The van der Waals surface area contributed by atoms with Gasteiger partial charge in [-0.3, -0.25) is 4.79 Å². The minimum absolute atomic E-state index is 0.170. The zero-order valence-electron chi connectivity index (χ0n) is 14.8. The molecule has 0 spiro atoms. The van der Waals surface area contributed by atoms with Gasteiger partial charge >= 0.3 is 0 Å². The number of rotatable bonds is 6. The molecule has 3 rings (SSSR count). The quantitative estimate of drug-likeness (QED) is 0.733. The zero-order chi connectivity index (χ0) is 18.4. The van der Waals surface area contributed by atoms with E-state index in [0.717, 1.165) is 11.3 Å². The van der Waals surface area contributed by atoms with Crippen LogP contribution in [0.4, 0.5) is 11.5 Å². The molecule has 0 fully saturated rings. The number of aromatic nitrogens is 1. The molecule has 5 heteroatoms. The Balaban J connectivity index is 1.64. The normalized spacial score (nSPS) is 10.2. The van der Waals surface area contributed by atoms with Gasteiger partial charge in [0.25, 0.3) is 5.91 Å². The van der Waals surface area contributed by atoms with Crippen molar-refractivity contribution in [1.82, 2.24) is 4.98 Å². The van der Waals surface area contributed by atoms with Gasteiger partial charge in [0, 0.05) is 25.9 Å². The van der Waals surface area contributed by atoms with Crippen LogP contribution in [0.2, 0.25) is 0 Å². The van der Waals surface area contributed by atoms with Crippen molar-refractivity contribution in [2.45, 2.75) is 6.61 Å². The van der Waals surface area contributed by atoms with Crippen LogP contribution >= 0.6 is 0 Å². The topological polar surface area (TPSA) is 54.5 Å². The van der Waals surface area contributed by atoms with Gasteiger partial charge in [0.2, 0.25) is 0 Å². The molecular formula is C21H21N3O2. The van der Waals surface area contributed by atoms with Gasteiger partial charge < -0.3 is 15.0 Å². The Kier molecular flexibility index (Phi) is 5.49. The number of ether oxygens (including phenoxy) is 1. The second-order valence-corrected chi connectivity index (χ2v) is 6.02. The van der Waals surface area contributed by atoms with E-state index in [0.29, 0.717) is 23.7 Å². The molecule has 3 aromatic rings. The molecule has 0 unspecified atom stereocenters. The van der Waals surface area contributed by atoms with E-state index >= 15 is 0 Å². The fraction of sp³-hybridized carbons (Fsp3) is 0.143. The van der Waals surface area contributed by atoms with Crippen molar-refractivity contribution >= 4 is 17.4 Å². The highest BCUT2D eigenvalue weighted by atomic mass is 16.5. The highest BCUT2D eigenvalue weighted by molar-refractivity contribution is 6.05. The van der Waals surface area contributed by atoms with E-state index in [1.165, 1.54) is 0 Å². The first-order valence-electron chi connectivity index (χ1n) is 8.34. The molecule has 0 bridgehead atoms. The summed E-state index contributed by atoms with van der Waals surface area (Å²) in [6.07, 6.45) is 1.70. The molecular weight excluding hydrogens is 326 g/mol. The number of benzene rings is 2. The Bertz CT molecular complexity index is 862. The second-order valence-electron chi connectivity index (χ2n) is 6.02. The summed E-state index contributed by atoms with van der Waals surface area (Å²) in [7, 11) is 3.78. The van der Waals surface area contributed by atoms with E-state index in [4.69, 9.17) is 4.74 Å². The number of hydrogen-bond acceptors (Lipinski definition) is 4. The molecule has 0 aliphatic heterocycles. The van der Waals surface area contributed by atoms with Crippen molar-refractivity contribution in [2.75, 3.05) is 24.3 Å². The number of amides is 1. The Hall–Kier alpha value is -3.34. The summed E-state index contributed by atoms with van der Waals surface area (Å²) < 4.78 is 5.72. The summed E-state index contributed by atoms with van der Waals surface area (Å²) in [5, 5.41) is 2.91. The number of anilines is 2. The minimum atomic E-state index is -0.170. The van der Waals surface area contributed by atoms with Crippen LogP contribution in [-0.4, -0.2) is 25.0 Å². The molecule has 0 saturated heterocycles. The number of hydrogen-bond donors (Lipinski definition) is 1. The monoisotopic (exact) mass is 347 g/mol. The molecule has 0 aliphatic carbocycles.